The van der Waals surface area contributed by atoms with Gasteiger partial charge in [0, 0.05) is 11.4 Å². The van der Waals surface area contributed by atoms with Crippen LogP contribution in [0.3, 0.4) is 0 Å². The first kappa shape index (κ1) is 19.1. The molecule has 0 saturated heterocycles. The molecule has 3 rings (SSSR count). The molecule has 0 atom stereocenters. The molecule has 0 aliphatic heterocycles. The van der Waals surface area contributed by atoms with E-state index in [1.165, 1.54) is 0 Å². The van der Waals surface area contributed by atoms with Crippen LogP contribution in [0.25, 0.3) is 0 Å². The molecule has 140 valence electrons. The maximum atomic E-state index is 6.00. The molecule has 27 heavy (non-hydrogen) atoms. The summed E-state index contributed by atoms with van der Waals surface area (Å²) >= 11 is 11.2. The molecule has 2 aromatic carbocycles. The van der Waals surface area contributed by atoms with Crippen molar-refractivity contribution in [3.63, 3.8) is 0 Å². The summed E-state index contributed by atoms with van der Waals surface area (Å²) in [5.74, 6) is 2.03. The molecule has 1 N–H and O–H groups in total. The Labute approximate surface area is 167 Å². The van der Waals surface area contributed by atoms with Crippen LogP contribution in [-0.4, -0.2) is 28.2 Å². The molecular weight excluding hydrogens is 384 g/mol. The van der Waals surface area contributed by atoms with Crippen molar-refractivity contribution in [1.82, 2.24) is 14.9 Å². The Balaban J connectivity index is 1.76. The van der Waals surface area contributed by atoms with Crippen LogP contribution in [-0.2, 0) is 13.0 Å². The minimum absolute atomic E-state index is 0.397. The smallest absolute Gasteiger partial charge is 0.216 e. The summed E-state index contributed by atoms with van der Waals surface area (Å²) in [5.41, 5.74) is 1.84. The molecule has 0 aliphatic carbocycles. The van der Waals surface area contributed by atoms with Gasteiger partial charge in [-0.25, -0.2) is 0 Å². The summed E-state index contributed by atoms with van der Waals surface area (Å²) in [4.78, 5) is 0. The van der Waals surface area contributed by atoms with Crippen LogP contribution in [0.5, 0.6) is 11.5 Å². The van der Waals surface area contributed by atoms with Gasteiger partial charge in [-0.1, -0.05) is 30.7 Å². The highest BCUT2D eigenvalue weighted by atomic mass is 35.5. The average molecular weight is 403 g/mol. The first-order chi connectivity index (χ1) is 13.1. The number of hydrogen-bond acceptors (Lipinski definition) is 5. The zero-order chi connectivity index (χ0) is 19.2. The zero-order valence-electron chi connectivity index (χ0n) is 15.0. The third kappa shape index (κ3) is 4.75. The van der Waals surface area contributed by atoms with Gasteiger partial charge in [0.1, 0.15) is 6.61 Å². The van der Waals surface area contributed by atoms with Crippen LogP contribution in [0.1, 0.15) is 23.9 Å². The van der Waals surface area contributed by atoms with E-state index in [4.69, 9.17) is 33.3 Å². The lowest BCUT2D eigenvalue weighted by Gasteiger charge is -2.11. The number of H-pyrrole nitrogens is 1. The Morgan fingerprint density at radius 2 is 2.11 bits per heavy atom. The fourth-order valence-corrected chi connectivity index (χ4v) is 2.88. The van der Waals surface area contributed by atoms with Gasteiger partial charge in [0.25, 0.3) is 0 Å². The summed E-state index contributed by atoms with van der Waals surface area (Å²) in [5, 5.41) is 11.9. The fraction of sp³-hybridized carbons (Fsp3) is 0.211. The molecule has 0 radical (unpaired) electrons. The third-order valence-electron chi connectivity index (χ3n) is 3.83. The molecule has 0 fully saturated rings. The topological polar surface area (TPSA) is 64.4 Å². The van der Waals surface area contributed by atoms with Gasteiger partial charge in [0.05, 0.1) is 13.3 Å². The molecule has 0 amide bonds. The maximum Gasteiger partial charge on any atom is 0.216 e. The Morgan fingerprint density at radius 1 is 1.26 bits per heavy atom. The van der Waals surface area contributed by atoms with Crippen molar-refractivity contribution in [2.24, 2.45) is 5.10 Å². The lowest BCUT2D eigenvalue weighted by molar-refractivity contribution is 0.284. The lowest BCUT2D eigenvalue weighted by atomic mass is 10.2. The average Bonchev–Trinajstić information content (AvgIpc) is 3.04. The first-order valence-electron chi connectivity index (χ1n) is 8.36. The highest BCUT2D eigenvalue weighted by Crippen LogP contribution is 2.28. The van der Waals surface area contributed by atoms with Gasteiger partial charge in [-0.05, 0) is 53.7 Å². The fourth-order valence-electron chi connectivity index (χ4n) is 2.47. The number of ether oxygens (including phenoxy) is 2. The van der Waals surface area contributed by atoms with Crippen molar-refractivity contribution in [3.8, 4) is 11.5 Å². The first-order valence-corrected chi connectivity index (χ1v) is 9.15. The van der Waals surface area contributed by atoms with Gasteiger partial charge in [-0.3, -0.25) is 5.10 Å². The van der Waals surface area contributed by atoms with E-state index in [0.717, 1.165) is 23.4 Å². The van der Waals surface area contributed by atoms with E-state index in [1.54, 1.807) is 18.0 Å². The second-order valence-electron chi connectivity index (χ2n) is 5.68. The van der Waals surface area contributed by atoms with E-state index in [0.29, 0.717) is 27.9 Å². The number of aryl methyl sites for hydroxylation is 1. The second-order valence-corrected chi connectivity index (χ2v) is 6.51. The van der Waals surface area contributed by atoms with E-state index >= 15 is 0 Å². The number of nitrogens with zero attached hydrogens (tertiary/aromatic N) is 3. The lowest BCUT2D eigenvalue weighted by Crippen LogP contribution is -1.99. The number of nitrogens with one attached hydrogen (secondary N) is 1. The second kappa shape index (κ2) is 8.83. The SMILES string of the molecule is CCc1n[nH]c(=S)n1/N=C\c1ccc(OCc2cccc(Cl)c2)c(OC)c1. The zero-order valence-corrected chi connectivity index (χ0v) is 16.5. The van der Waals surface area contributed by atoms with Crippen LogP contribution < -0.4 is 9.47 Å². The number of methoxy groups -OCH3 is 1. The molecule has 0 bridgehead atoms. The van der Waals surface area contributed by atoms with Crippen LogP contribution >= 0.6 is 23.8 Å². The number of hydrogen-bond donors (Lipinski definition) is 1. The van der Waals surface area contributed by atoms with Crippen molar-refractivity contribution in [2.45, 2.75) is 20.0 Å². The number of aromatic amines is 1. The molecule has 8 heteroatoms. The number of rotatable bonds is 7. The minimum atomic E-state index is 0.397. The van der Waals surface area contributed by atoms with Crippen molar-refractivity contribution in [3.05, 3.63) is 69.2 Å². The molecule has 1 aromatic heterocycles. The van der Waals surface area contributed by atoms with Crippen molar-refractivity contribution in [1.29, 1.82) is 0 Å². The highest BCUT2D eigenvalue weighted by Gasteiger charge is 2.07. The van der Waals surface area contributed by atoms with Gasteiger partial charge < -0.3 is 9.47 Å². The third-order valence-corrected chi connectivity index (χ3v) is 4.33. The molecular formula is C19H19ClN4O2S. The highest BCUT2D eigenvalue weighted by molar-refractivity contribution is 7.71. The molecule has 6 nitrogen and oxygen atoms in total. The van der Waals surface area contributed by atoms with Crippen LogP contribution in [0.15, 0.2) is 47.6 Å². The Kier molecular flexibility index (Phi) is 6.26. The van der Waals surface area contributed by atoms with Crippen molar-refractivity contribution in [2.75, 3.05) is 7.11 Å². The van der Waals surface area contributed by atoms with E-state index < -0.39 is 0 Å². The molecule has 0 saturated carbocycles. The summed E-state index contributed by atoms with van der Waals surface area (Å²) in [6.45, 7) is 2.39. The number of halogens is 1. The molecule has 0 unspecified atom stereocenters. The Hall–Kier alpha value is -2.64. The maximum absolute atomic E-state index is 6.00. The normalized spacial score (nSPS) is 11.1. The largest absolute Gasteiger partial charge is 0.493 e. The van der Waals surface area contributed by atoms with Crippen molar-refractivity contribution >= 4 is 30.0 Å². The molecule has 0 spiro atoms. The monoisotopic (exact) mass is 402 g/mol. The van der Waals surface area contributed by atoms with Crippen LogP contribution in [0, 0.1) is 4.77 Å². The molecule has 0 aliphatic rings. The van der Waals surface area contributed by atoms with E-state index in [2.05, 4.69) is 15.3 Å². The van der Waals surface area contributed by atoms with Crippen LogP contribution in [0.4, 0.5) is 0 Å². The molecule has 1 heterocycles. The van der Waals surface area contributed by atoms with Gasteiger partial charge in [0.15, 0.2) is 17.3 Å². The standard InChI is InChI=1S/C19H19ClN4O2S/c1-3-18-22-23-19(27)24(18)21-11-13-7-8-16(17(10-13)25-2)26-12-14-5-4-6-15(20)9-14/h4-11H,3,12H2,1-2H3,(H,23,27)/b21-11-. The number of aromatic nitrogens is 3. The van der Waals surface area contributed by atoms with Gasteiger partial charge in [-0.2, -0.15) is 14.9 Å². The number of benzene rings is 2. The quantitative estimate of drug-likeness (QED) is 0.462. The molecule has 3 aromatic rings. The predicted octanol–water partition coefficient (Wildman–Crippen LogP) is 4.63. The summed E-state index contributed by atoms with van der Waals surface area (Å²) in [6, 6.07) is 13.1. The van der Waals surface area contributed by atoms with E-state index in [-0.39, 0.29) is 0 Å². The summed E-state index contributed by atoms with van der Waals surface area (Å²) < 4.78 is 13.4. The van der Waals surface area contributed by atoms with E-state index in [1.807, 2.05) is 49.4 Å². The van der Waals surface area contributed by atoms with Gasteiger partial charge >= 0.3 is 0 Å². The minimum Gasteiger partial charge on any atom is -0.493 e. The van der Waals surface area contributed by atoms with E-state index in [9.17, 15) is 0 Å². The van der Waals surface area contributed by atoms with Crippen molar-refractivity contribution < 1.29 is 9.47 Å². The van der Waals surface area contributed by atoms with Crippen LogP contribution in [0.2, 0.25) is 5.02 Å². The Bertz CT molecular complexity index is 1010. The summed E-state index contributed by atoms with van der Waals surface area (Å²) in [7, 11) is 1.60. The van der Waals surface area contributed by atoms with Gasteiger partial charge in [0.2, 0.25) is 4.77 Å². The summed E-state index contributed by atoms with van der Waals surface area (Å²) in [6.07, 6.45) is 2.43. The Morgan fingerprint density at radius 3 is 2.85 bits per heavy atom. The predicted molar refractivity (Wildman–Crippen MR) is 109 cm³/mol. The van der Waals surface area contributed by atoms with Gasteiger partial charge in [-0.15, -0.1) is 0 Å².